The molecule has 0 unspecified atom stereocenters. The molecule has 1 aromatic rings. The Morgan fingerprint density at radius 1 is 1.58 bits per heavy atom. The van der Waals surface area contributed by atoms with Gasteiger partial charge in [-0.05, 0) is 28.4 Å². The maximum Gasteiger partial charge on any atom is 0.265 e. The molecule has 0 spiro atoms. The first kappa shape index (κ1) is 9.86. The SMILES string of the molecule is Cc1cnc(Cl)c(Br)c1C(F)F. The van der Waals surface area contributed by atoms with E-state index < -0.39 is 6.43 Å². The van der Waals surface area contributed by atoms with Crippen molar-refractivity contribution in [2.24, 2.45) is 0 Å². The van der Waals surface area contributed by atoms with E-state index in [0.29, 0.717) is 5.56 Å². The second-order valence-corrected chi connectivity index (χ2v) is 3.41. The van der Waals surface area contributed by atoms with Gasteiger partial charge in [-0.3, -0.25) is 0 Å². The minimum atomic E-state index is -2.53. The van der Waals surface area contributed by atoms with Crippen LogP contribution in [0.25, 0.3) is 0 Å². The Bertz CT molecular complexity index is 304. The standard InChI is InChI=1S/C7H5BrClF2N/c1-3-2-12-6(9)5(8)4(3)7(10)11/h2,7H,1H3. The third kappa shape index (κ3) is 1.75. The summed E-state index contributed by atoms with van der Waals surface area (Å²) in [5.41, 5.74) is 0.344. The van der Waals surface area contributed by atoms with Gasteiger partial charge in [0.25, 0.3) is 6.43 Å². The highest BCUT2D eigenvalue weighted by Gasteiger charge is 2.17. The fraction of sp³-hybridized carbons (Fsp3) is 0.286. The lowest BCUT2D eigenvalue weighted by atomic mass is 10.2. The molecule has 0 aromatic carbocycles. The van der Waals surface area contributed by atoms with Crippen molar-refractivity contribution in [1.29, 1.82) is 0 Å². The molecule has 0 saturated carbocycles. The van der Waals surface area contributed by atoms with Crippen LogP contribution in [0.5, 0.6) is 0 Å². The van der Waals surface area contributed by atoms with Crippen molar-refractivity contribution in [2.45, 2.75) is 13.3 Å². The van der Waals surface area contributed by atoms with E-state index in [2.05, 4.69) is 20.9 Å². The highest BCUT2D eigenvalue weighted by atomic mass is 79.9. The van der Waals surface area contributed by atoms with Crippen LogP contribution in [-0.2, 0) is 0 Å². The number of hydrogen-bond donors (Lipinski definition) is 0. The van der Waals surface area contributed by atoms with Crippen molar-refractivity contribution >= 4 is 27.5 Å². The Morgan fingerprint density at radius 3 is 2.58 bits per heavy atom. The Labute approximate surface area is 81.9 Å². The van der Waals surface area contributed by atoms with E-state index in [1.54, 1.807) is 6.92 Å². The quantitative estimate of drug-likeness (QED) is 0.698. The lowest BCUT2D eigenvalue weighted by Gasteiger charge is -2.07. The van der Waals surface area contributed by atoms with Crippen LogP contribution in [0.3, 0.4) is 0 Å². The lowest BCUT2D eigenvalue weighted by molar-refractivity contribution is 0.149. The van der Waals surface area contributed by atoms with E-state index >= 15 is 0 Å². The molecule has 66 valence electrons. The number of aryl methyl sites for hydroxylation is 1. The summed E-state index contributed by atoms with van der Waals surface area (Å²) in [7, 11) is 0. The highest BCUT2D eigenvalue weighted by Crippen LogP contribution is 2.33. The lowest BCUT2D eigenvalue weighted by Crippen LogP contribution is -1.93. The van der Waals surface area contributed by atoms with Crippen molar-refractivity contribution in [2.75, 3.05) is 0 Å². The number of hydrogen-bond acceptors (Lipinski definition) is 1. The van der Waals surface area contributed by atoms with E-state index in [1.165, 1.54) is 6.20 Å². The fourth-order valence-electron chi connectivity index (χ4n) is 0.832. The molecule has 0 aliphatic carbocycles. The van der Waals surface area contributed by atoms with Crippen molar-refractivity contribution in [3.05, 3.63) is 26.9 Å². The Balaban J connectivity index is 3.33. The second-order valence-electron chi connectivity index (χ2n) is 2.26. The molecular weight excluding hydrogens is 251 g/mol. The van der Waals surface area contributed by atoms with Gasteiger partial charge in [0, 0.05) is 11.8 Å². The monoisotopic (exact) mass is 255 g/mol. The van der Waals surface area contributed by atoms with E-state index in [0.717, 1.165) is 0 Å². The van der Waals surface area contributed by atoms with Crippen LogP contribution in [0.1, 0.15) is 17.6 Å². The van der Waals surface area contributed by atoms with E-state index in [1.807, 2.05) is 0 Å². The summed E-state index contributed by atoms with van der Waals surface area (Å²) in [4.78, 5) is 3.71. The van der Waals surface area contributed by atoms with Crippen LogP contribution in [0.4, 0.5) is 8.78 Å². The van der Waals surface area contributed by atoms with Gasteiger partial charge in [0.15, 0.2) is 0 Å². The first-order chi connectivity index (χ1) is 5.54. The van der Waals surface area contributed by atoms with Crippen LogP contribution in [-0.4, -0.2) is 4.98 Å². The van der Waals surface area contributed by atoms with Gasteiger partial charge in [-0.15, -0.1) is 0 Å². The number of alkyl halides is 2. The predicted octanol–water partition coefficient (Wildman–Crippen LogP) is 3.74. The largest absolute Gasteiger partial charge is 0.265 e. The van der Waals surface area contributed by atoms with Gasteiger partial charge in [0.1, 0.15) is 5.15 Å². The Kier molecular flexibility index (Phi) is 3.01. The summed E-state index contributed by atoms with van der Waals surface area (Å²) in [6.45, 7) is 1.57. The molecule has 0 amide bonds. The predicted molar refractivity (Wildman–Crippen MR) is 46.6 cm³/mol. The van der Waals surface area contributed by atoms with Crippen LogP contribution in [0.15, 0.2) is 10.7 Å². The molecular formula is C7H5BrClF2N. The molecule has 0 radical (unpaired) electrons. The Hall–Kier alpha value is -0.220. The molecule has 0 saturated heterocycles. The number of rotatable bonds is 1. The first-order valence-corrected chi connectivity index (χ1v) is 4.29. The summed E-state index contributed by atoms with van der Waals surface area (Å²) in [6.07, 6.45) is -1.20. The maximum absolute atomic E-state index is 12.4. The Morgan fingerprint density at radius 2 is 2.17 bits per heavy atom. The van der Waals surface area contributed by atoms with Gasteiger partial charge in [0.05, 0.1) is 4.47 Å². The molecule has 0 aliphatic rings. The summed E-state index contributed by atoms with van der Waals surface area (Å²) < 4.78 is 24.9. The molecule has 1 rings (SSSR count). The summed E-state index contributed by atoms with van der Waals surface area (Å²) >= 11 is 8.50. The second kappa shape index (κ2) is 3.66. The van der Waals surface area contributed by atoms with Crippen LogP contribution in [0.2, 0.25) is 5.15 Å². The van der Waals surface area contributed by atoms with Gasteiger partial charge in [-0.2, -0.15) is 0 Å². The average Bonchev–Trinajstić information content (AvgIpc) is 1.97. The molecule has 1 heterocycles. The molecule has 0 aliphatic heterocycles. The number of nitrogens with zero attached hydrogens (tertiary/aromatic N) is 1. The molecule has 1 nitrogen and oxygen atoms in total. The molecule has 1 aromatic heterocycles. The van der Waals surface area contributed by atoms with Gasteiger partial charge in [-0.1, -0.05) is 11.6 Å². The summed E-state index contributed by atoms with van der Waals surface area (Å²) in [6, 6.07) is 0. The average molecular weight is 256 g/mol. The van der Waals surface area contributed by atoms with Crippen molar-refractivity contribution < 1.29 is 8.78 Å². The maximum atomic E-state index is 12.4. The molecule has 5 heteroatoms. The number of aromatic nitrogens is 1. The van der Waals surface area contributed by atoms with Gasteiger partial charge >= 0.3 is 0 Å². The molecule has 0 N–H and O–H groups in total. The van der Waals surface area contributed by atoms with Crippen LogP contribution >= 0.6 is 27.5 Å². The van der Waals surface area contributed by atoms with Crippen molar-refractivity contribution in [1.82, 2.24) is 4.98 Å². The summed E-state index contributed by atoms with van der Waals surface area (Å²) in [5, 5.41) is 0.0656. The van der Waals surface area contributed by atoms with Gasteiger partial charge in [0.2, 0.25) is 0 Å². The first-order valence-electron chi connectivity index (χ1n) is 3.12. The zero-order chi connectivity index (χ0) is 9.30. The van der Waals surface area contributed by atoms with E-state index in [-0.39, 0.29) is 15.2 Å². The molecule has 0 atom stereocenters. The highest BCUT2D eigenvalue weighted by molar-refractivity contribution is 9.10. The smallest absolute Gasteiger partial charge is 0.243 e. The summed E-state index contributed by atoms with van der Waals surface area (Å²) in [5.74, 6) is 0. The minimum absolute atomic E-state index is 0.0656. The topological polar surface area (TPSA) is 12.9 Å². The van der Waals surface area contributed by atoms with Crippen molar-refractivity contribution in [3.8, 4) is 0 Å². The number of pyridine rings is 1. The number of halogens is 4. The molecule has 12 heavy (non-hydrogen) atoms. The third-order valence-corrected chi connectivity index (χ3v) is 2.75. The third-order valence-electron chi connectivity index (χ3n) is 1.43. The van der Waals surface area contributed by atoms with Crippen LogP contribution in [0, 0.1) is 6.92 Å². The zero-order valence-corrected chi connectivity index (χ0v) is 8.46. The molecule has 0 bridgehead atoms. The van der Waals surface area contributed by atoms with Crippen LogP contribution < -0.4 is 0 Å². The normalized spacial score (nSPS) is 10.8. The zero-order valence-electron chi connectivity index (χ0n) is 6.11. The van der Waals surface area contributed by atoms with Crippen molar-refractivity contribution in [3.63, 3.8) is 0 Å². The van der Waals surface area contributed by atoms with E-state index in [9.17, 15) is 8.78 Å². The van der Waals surface area contributed by atoms with Gasteiger partial charge in [-0.25, -0.2) is 13.8 Å². The minimum Gasteiger partial charge on any atom is -0.243 e. The fourth-order valence-corrected chi connectivity index (χ4v) is 1.57. The molecule has 0 fully saturated rings. The van der Waals surface area contributed by atoms with E-state index in [4.69, 9.17) is 11.6 Å². The van der Waals surface area contributed by atoms with Gasteiger partial charge < -0.3 is 0 Å².